The fraction of sp³-hybridized carbons (Fsp3) is 0.333. The van der Waals surface area contributed by atoms with Crippen molar-refractivity contribution < 1.29 is 9.18 Å². The number of nitrogens with zero attached hydrogens (tertiary/aromatic N) is 1. The number of hydrogen-bond acceptors (Lipinski definition) is 3. The number of hydrogen-bond donors (Lipinski definition) is 4. The van der Waals surface area contributed by atoms with Crippen LogP contribution in [0.15, 0.2) is 53.5 Å². The summed E-state index contributed by atoms with van der Waals surface area (Å²) in [5.74, 6) is 0.163. The van der Waals surface area contributed by atoms with Crippen LogP contribution < -0.4 is 21.5 Å². The molecule has 29 heavy (non-hydrogen) atoms. The van der Waals surface area contributed by atoms with Gasteiger partial charge in [0, 0.05) is 29.6 Å². The van der Waals surface area contributed by atoms with Gasteiger partial charge in [-0.05, 0) is 47.9 Å². The number of nitrogens with one attached hydrogen (secondary N) is 4. The van der Waals surface area contributed by atoms with Crippen molar-refractivity contribution >= 4 is 23.5 Å². The highest BCUT2D eigenvalue weighted by Crippen LogP contribution is 2.21. The zero-order valence-electron chi connectivity index (χ0n) is 16.4. The third-order valence-electron chi connectivity index (χ3n) is 4.47. The van der Waals surface area contributed by atoms with Crippen LogP contribution in [0.2, 0.25) is 5.02 Å². The van der Waals surface area contributed by atoms with Gasteiger partial charge in [-0.15, -0.1) is 0 Å². The number of halogens is 2. The summed E-state index contributed by atoms with van der Waals surface area (Å²) in [7, 11) is 0. The molecule has 154 valence electrons. The number of carbonyl (C=O) groups is 1. The first-order valence-electron chi connectivity index (χ1n) is 9.56. The molecule has 1 amide bonds. The Balaban J connectivity index is 1.67. The van der Waals surface area contributed by atoms with Crippen molar-refractivity contribution in [3.63, 3.8) is 0 Å². The van der Waals surface area contributed by atoms with Crippen LogP contribution in [0, 0.1) is 11.7 Å². The maximum Gasteiger partial charge on any atom is 0.280 e. The number of benzene rings is 2. The second-order valence-corrected chi connectivity index (χ2v) is 7.81. The van der Waals surface area contributed by atoms with Crippen LogP contribution in [0.25, 0.3) is 0 Å². The largest absolute Gasteiger partial charge is 0.356 e. The Labute approximate surface area is 174 Å². The Morgan fingerprint density at radius 1 is 1.17 bits per heavy atom. The fourth-order valence-electron chi connectivity index (χ4n) is 2.91. The number of hydrazine groups is 1. The van der Waals surface area contributed by atoms with Crippen LogP contribution in [0.1, 0.15) is 42.2 Å². The summed E-state index contributed by atoms with van der Waals surface area (Å²) in [5, 5.41) is 7.00. The molecule has 2 aromatic rings. The standard InChI is InChI=1S/C21H25ClFN5O/c1-13(2)12-24-21(26-20(29)15-3-7-16(22)8-4-15)25-19-11-18(27-28-19)14-5-9-17(23)10-6-14/h3-10,13,18-19,27-28H,11-12H2,1-2H3,(H2,24,25,26,29). The van der Waals surface area contributed by atoms with Gasteiger partial charge in [-0.2, -0.15) is 4.99 Å². The lowest BCUT2D eigenvalue weighted by Crippen LogP contribution is -2.50. The zero-order valence-corrected chi connectivity index (χ0v) is 17.1. The minimum Gasteiger partial charge on any atom is -0.356 e. The number of aliphatic imine (C=N–C) groups is 1. The second kappa shape index (κ2) is 9.82. The molecule has 6 nitrogen and oxygen atoms in total. The molecule has 1 aliphatic heterocycles. The van der Waals surface area contributed by atoms with Gasteiger partial charge in [0.05, 0.1) is 6.17 Å². The summed E-state index contributed by atoms with van der Waals surface area (Å²) in [5.41, 5.74) is 7.78. The third kappa shape index (κ3) is 6.25. The fourth-order valence-corrected chi connectivity index (χ4v) is 3.04. The summed E-state index contributed by atoms with van der Waals surface area (Å²) in [4.78, 5) is 16.7. The first kappa shape index (κ1) is 21.2. The van der Waals surface area contributed by atoms with Crippen LogP contribution in [0.4, 0.5) is 4.39 Å². The van der Waals surface area contributed by atoms with E-state index in [1.165, 1.54) is 12.1 Å². The van der Waals surface area contributed by atoms with Gasteiger partial charge in [0.15, 0.2) is 0 Å². The molecule has 1 fully saturated rings. The molecule has 3 rings (SSSR count). The van der Waals surface area contributed by atoms with E-state index in [9.17, 15) is 9.18 Å². The highest BCUT2D eigenvalue weighted by molar-refractivity contribution is 6.30. The minimum absolute atomic E-state index is 0.0198. The topological polar surface area (TPSA) is 77.5 Å². The lowest BCUT2D eigenvalue weighted by molar-refractivity contribution is 0.100. The van der Waals surface area contributed by atoms with Crippen molar-refractivity contribution in [1.82, 2.24) is 21.5 Å². The molecule has 0 aliphatic carbocycles. The van der Waals surface area contributed by atoms with Crippen LogP contribution in [0.3, 0.4) is 0 Å². The predicted molar refractivity (Wildman–Crippen MR) is 113 cm³/mol. The van der Waals surface area contributed by atoms with Crippen LogP contribution in [-0.2, 0) is 0 Å². The van der Waals surface area contributed by atoms with E-state index < -0.39 is 0 Å². The van der Waals surface area contributed by atoms with E-state index >= 15 is 0 Å². The van der Waals surface area contributed by atoms with E-state index in [-0.39, 0.29) is 23.9 Å². The quantitative estimate of drug-likeness (QED) is 0.443. The molecule has 0 spiro atoms. The Morgan fingerprint density at radius 2 is 1.86 bits per heavy atom. The van der Waals surface area contributed by atoms with Crippen LogP contribution in [0.5, 0.6) is 0 Å². The first-order chi connectivity index (χ1) is 13.9. The number of carbonyl (C=O) groups excluding carboxylic acids is 1. The predicted octanol–water partition coefficient (Wildman–Crippen LogP) is 3.38. The van der Waals surface area contributed by atoms with Gasteiger partial charge in [-0.25, -0.2) is 15.2 Å². The van der Waals surface area contributed by atoms with E-state index in [1.54, 1.807) is 36.4 Å². The molecular formula is C21H25ClFN5O. The first-order valence-corrected chi connectivity index (χ1v) is 9.94. The molecule has 1 heterocycles. The van der Waals surface area contributed by atoms with Crippen molar-refractivity contribution in [3.8, 4) is 0 Å². The van der Waals surface area contributed by atoms with Crippen molar-refractivity contribution in [1.29, 1.82) is 0 Å². The van der Waals surface area contributed by atoms with Gasteiger partial charge in [0.25, 0.3) is 5.91 Å². The van der Waals surface area contributed by atoms with Gasteiger partial charge in [-0.1, -0.05) is 37.6 Å². The maximum atomic E-state index is 13.1. The molecule has 1 aliphatic rings. The van der Waals surface area contributed by atoms with Gasteiger partial charge in [0.2, 0.25) is 5.96 Å². The number of rotatable bonds is 5. The molecule has 4 N–H and O–H groups in total. The average molecular weight is 418 g/mol. The van der Waals surface area contributed by atoms with Crippen molar-refractivity contribution in [2.45, 2.75) is 32.5 Å². The molecule has 0 saturated carbocycles. The van der Waals surface area contributed by atoms with Gasteiger partial charge >= 0.3 is 0 Å². The van der Waals surface area contributed by atoms with E-state index in [2.05, 4.69) is 40.3 Å². The average Bonchev–Trinajstić information content (AvgIpc) is 3.15. The van der Waals surface area contributed by atoms with Crippen LogP contribution >= 0.6 is 11.6 Å². The molecule has 2 aromatic carbocycles. The summed E-state index contributed by atoms with van der Waals surface area (Å²) >= 11 is 5.89. The van der Waals surface area contributed by atoms with Crippen molar-refractivity contribution in [3.05, 3.63) is 70.5 Å². The molecule has 2 atom stereocenters. The zero-order chi connectivity index (χ0) is 20.8. The third-order valence-corrected chi connectivity index (χ3v) is 4.72. The molecule has 1 saturated heterocycles. The molecule has 0 bridgehead atoms. The number of guanidine groups is 1. The molecule has 8 heteroatoms. The molecule has 0 radical (unpaired) electrons. The highest BCUT2D eigenvalue weighted by atomic mass is 35.5. The molecule has 2 unspecified atom stereocenters. The maximum absolute atomic E-state index is 13.1. The monoisotopic (exact) mass is 417 g/mol. The van der Waals surface area contributed by atoms with E-state index in [4.69, 9.17) is 11.6 Å². The van der Waals surface area contributed by atoms with E-state index in [0.717, 1.165) is 5.56 Å². The van der Waals surface area contributed by atoms with E-state index in [0.29, 0.717) is 35.4 Å². The SMILES string of the molecule is CC(C)CN/C(=N/C(=O)c1ccc(Cl)cc1)NC1CC(c2ccc(F)cc2)NN1. The molecule has 0 aromatic heterocycles. The normalized spacial score (nSPS) is 19.4. The Morgan fingerprint density at radius 3 is 2.52 bits per heavy atom. The molecular weight excluding hydrogens is 393 g/mol. The van der Waals surface area contributed by atoms with E-state index in [1.807, 2.05) is 0 Å². The van der Waals surface area contributed by atoms with Crippen molar-refractivity contribution in [2.24, 2.45) is 10.9 Å². The smallest absolute Gasteiger partial charge is 0.280 e. The van der Waals surface area contributed by atoms with Gasteiger partial charge in [-0.3, -0.25) is 4.79 Å². The summed E-state index contributed by atoms with van der Waals surface area (Å²) in [6.45, 7) is 4.82. The number of amides is 1. The lowest BCUT2D eigenvalue weighted by atomic mass is 10.0. The van der Waals surface area contributed by atoms with Gasteiger partial charge < -0.3 is 10.6 Å². The Bertz CT molecular complexity index is 854. The Hall–Kier alpha value is -2.48. The second-order valence-electron chi connectivity index (χ2n) is 7.37. The summed E-state index contributed by atoms with van der Waals surface area (Å²) in [6, 6.07) is 13.0. The van der Waals surface area contributed by atoms with Crippen LogP contribution in [-0.4, -0.2) is 24.6 Å². The lowest BCUT2D eigenvalue weighted by Gasteiger charge is -2.18. The van der Waals surface area contributed by atoms with Gasteiger partial charge in [0.1, 0.15) is 5.82 Å². The highest BCUT2D eigenvalue weighted by Gasteiger charge is 2.26. The van der Waals surface area contributed by atoms with Crippen molar-refractivity contribution in [2.75, 3.05) is 6.54 Å². The minimum atomic E-state index is -0.360. The Kier molecular flexibility index (Phi) is 7.19. The summed E-state index contributed by atoms with van der Waals surface area (Å²) in [6.07, 6.45) is 0.546. The summed E-state index contributed by atoms with van der Waals surface area (Å²) < 4.78 is 13.1.